The minimum absolute atomic E-state index is 0.180. The van der Waals surface area contributed by atoms with Gasteiger partial charge in [-0.1, -0.05) is 12.1 Å². The van der Waals surface area contributed by atoms with E-state index in [4.69, 9.17) is 4.42 Å². The molecule has 0 fully saturated rings. The summed E-state index contributed by atoms with van der Waals surface area (Å²) in [5.41, 5.74) is 1.29. The Hall–Kier alpha value is -3.26. The fraction of sp³-hybridized carbons (Fsp3) is 0.150. The summed E-state index contributed by atoms with van der Waals surface area (Å²) in [6.07, 6.45) is 3.32. The zero-order valence-electron chi connectivity index (χ0n) is 15.3. The lowest BCUT2D eigenvalue weighted by Crippen LogP contribution is -2.24. The molecule has 0 unspecified atom stereocenters. The molecule has 1 amide bonds. The van der Waals surface area contributed by atoms with Gasteiger partial charge in [-0.3, -0.25) is 4.79 Å². The average molecular weight is 396 g/mol. The van der Waals surface area contributed by atoms with Crippen molar-refractivity contribution in [3.8, 4) is 16.5 Å². The molecule has 0 bridgehead atoms. The van der Waals surface area contributed by atoms with Crippen LogP contribution in [0.1, 0.15) is 27.6 Å². The molecule has 0 radical (unpaired) electrons. The Morgan fingerprint density at radius 3 is 2.86 bits per heavy atom. The molecule has 3 aromatic heterocycles. The molecule has 28 heavy (non-hydrogen) atoms. The van der Waals surface area contributed by atoms with Gasteiger partial charge in [0.25, 0.3) is 5.91 Å². The smallest absolute Gasteiger partial charge is 0.273 e. The van der Waals surface area contributed by atoms with Crippen LogP contribution in [0.5, 0.6) is 0 Å². The first-order valence-corrected chi connectivity index (χ1v) is 9.49. The van der Waals surface area contributed by atoms with E-state index in [0.29, 0.717) is 28.7 Å². The summed E-state index contributed by atoms with van der Waals surface area (Å²) in [5.74, 6) is 0.814. The molecule has 0 atom stereocenters. The molecule has 6 nitrogen and oxygen atoms in total. The highest BCUT2D eigenvalue weighted by Gasteiger charge is 2.18. The first-order valence-electron chi connectivity index (χ1n) is 8.61. The van der Waals surface area contributed by atoms with Gasteiger partial charge in [-0.15, -0.1) is 11.3 Å². The zero-order chi connectivity index (χ0) is 19.7. The number of halogens is 1. The van der Waals surface area contributed by atoms with E-state index in [2.05, 4.69) is 15.3 Å². The van der Waals surface area contributed by atoms with Crippen molar-refractivity contribution in [1.29, 1.82) is 0 Å². The number of carbonyl (C=O) groups is 1. The number of rotatable bonds is 5. The van der Waals surface area contributed by atoms with Crippen LogP contribution in [0.25, 0.3) is 16.5 Å². The summed E-state index contributed by atoms with van der Waals surface area (Å²) in [6.45, 7) is 3.68. The van der Waals surface area contributed by atoms with Crippen LogP contribution in [0, 0.1) is 19.7 Å². The van der Waals surface area contributed by atoms with Crippen LogP contribution >= 0.6 is 11.3 Å². The first kappa shape index (κ1) is 18.1. The molecule has 1 aromatic carbocycles. The topological polar surface area (TPSA) is 73.0 Å². The predicted molar refractivity (Wildman–Crippen MR) is 104 cm³/mol. The minimum atomic E-state index is -0.384. The van der Waals surface area contributed by atoms with Gasteiger partial charge in [0.05, 0.1) is 10.6 Å². The highest BCUT2D eigenvalue weighted by Crippen LogP contribution is 2.26. The molecule has 1 N–H and O–H groups in total. The minimum Gasteiger partial charge on any atom is -0.440 e. The summed E-state index contributed by atoms with van der Waals surface area (Å²) >= 11 is 1.49. The van der Waals surface area contributed by atoms with Gasteiger partial charge in [0.15, 0.2) is 5.69 Å². The number of nitrogens with one attached hydrogen (secondary N) is 1. The Labute approximate surface area is 164 Å². The van der Waals surface area contributed by atoms with Gasteiger partial charge < -0.3 is 14.3 Å². The average Bonchev–Trinajstić information content (AvgIpc) is 3.41. The largest absolute Gasteiger partial charge is 0.440 e. The molecule has 142 valence electrons. The lowest BCUT2D eigenvalue weighted by molar-refractivity contribution is 0.0945. The molecular formula is C20H17FN4O2S. The van der Waals surface area contributed by atoms with E-state index in [9.17, 15) is 9.18 Å². The van der Waals surface area contributed by atoms with Crippen molar-refractivity contribution in [2.45, 2.75) is 20.4 Å². The third kappa shape index (κ3) is 3.46. The standard InChI is InChI=1S/C20H17FN4O2S/c1-12-18(24-20(27-12)17-4-3-9-28-17)19(26)23-11-14-5-6-16(15(21)10-14)25-8-7-22-13(25)2/h3-10H,11H2,1-2H3,(H,23,26). The van der Waals surface area contributed by atoms with E-state index in [-0.39, 0.29) is 24.0 Å². The lowest BCUT2D eigenvalue weighted by atomic mass is 10.2. The number of aryl methyl sites for hydroxylation is 2. The van der Waals surface area contributed by atoms with Crippen molar-refractivity contribution in [3.63, 3.8) is 0 Å². The van der Waals surface area contributed by atoms with Gasteiger partial charge in [-0.25, -0.2) is 14.4 Å². The van der Waals surface area contributed by atoms with Crippen molar-refractivity contribution < 1.29 is 13.6 Å². The third-order valence-electron chi connectivity index (χ3n) is 4.29. The number of thiophene rings is 1. The summed E-state index contributed by atoms with van der Waals surface area (Å²) in [4.78, 5) is 21.7. The fourth-order valence-corrected chi connectivity index (χ4v) is 3.52. The summed E-state index contributed by atoms with van der Waals surface area (Å²) < 4.78 is 21.7. The van der Waals surface area contributed by atoms with Crippen molar-refractivity contribution in [2.24, 2.45) is 0 Å². The maximum atomic E-state index is 14.5. The SMILES string of the molecule is Cc1oc(-c2cccs2)nc1C(=O)NCc1ccc(-n2ccnc2C)c(F)c1. The van der Waals surface area contributed by atoms with Gasteiger partial charge >= 0.3 is 0 Å². The van der Waals surface area contributed by atoms with E-state index < -0.39 is 0 Å². The molecule has 0 saturated heterocycles. The van der Waals surface area contributed by atoms with Gasteiger partial charge in [-0.2, -0.15) is 0 Å². The molecule has 0 aliphatic carbocycles. The predicted octanol–water partition coefficient (Wildman–Crippen LogP) is 4.27. The van der Waals surface area contributed by atoms with E-state index in [1.54, 1.807) is 42.9 Å². The number of aromatic nitrogens is 3. The normalized spacial score (nSPS) is 11.0. The van der Waals surface area contributed by atoms with Crippen LogP contribution < -0.4 is 5.32 Å². The van der Waals surface area contributed by atoms with E-state index in [0.717, 1.165) is 4.88 Å². The fourth-order valence-electron chi connectivity index (χ4n) is 2.87. The monoisotopic (exact) mass is 396 g/mol. The molecule has 0 aliphatic heterocycles. The highest BCUT2D eigenvalue weighted by atomic mass is 32.1. The van der Waals surface area contributed by atoms with Crippen molar-refractivity contribution in [3.05, 3.63) is 76.8 Å². The second-order valence-corrected chi connectivity index (χ2v) is 7.16. The number of benzene rings is 1. The molecule has 0 aliphatic rings. The molecule has 0 spiro atoms. The Bertz CT molecular complexity index is 1130. The molecular weight excluding hydrogens is 379 g/mol. The lowest BCUT2D eigenvalue weighted by Gasteiger charge is -2.09. The van der Waals surface area contributed by atoms with Crippen molar-refractivity contribution in [1.82, 2.24) is 19.9 Å². The summed E-state index contributed by atoms with van der Waals surface area (Å²) in [7, 11) is 0. The Morgan fingerprint density at radius 2 is 2.18 bits per heavy atom. The zero-order valence-corrected chi connectivity index (χ0v) is 16.1. The van der Waals surface area contributed by atoms with Gasteiger partial charge in [0.2, 0.25) is 5.89 Å². The van der Waals surface area contributed by atoms with Crippen LogP contribution in [0.15, 0.2) is 52.5 Å². The van der Waals surface area contributed by atoms with E-state index in [1.165, 1.54) is 17.4 Å². The first-order chi connectivity index (χ1) is 13.5. The molecule has 3 heterocycles. The van der Waals surface area contributed by atoms with Crippen LogP contribution in [0.3, 0.4) is 0 Å². The Morgan fingerprint density at radius 1 is 1.32 bits per heavy atom. The second kappa shape index (κ2) is 7.40. The molecule has 8 heteroatoms. The number of hydrogen-bond donors (Lipinski definition) is 1. The molecule has 4 aromatic rings. The van der Waals surface area contributed by atoms with Crippen LogP contribution in [-0.2, 0) is 6.54 Å². The summed E-state index contributed by atoms with van der Waals surface area (Å²) in [6, 6.07) is 8.61. The maximum Gasteiger partial charge on any atom is 0.273 e. The van der Waals surface area contributed by atoms with Gasteiger partial charge in [0.1, 0.15) is 17.4 Å². The Balaban J connectivity index is 1.47. The van der Waals surface area contributed by atoms with Crippen LogP contribution in [-0.4, -0.2) is 20.4 Å². The number of imidazole rings is 1. The number of carbonyl (C=O) groups excluding carboxylic acids is 1. The number of nitrogens with zero attached hydrogens (tertiary/aromatic N) is 3. The van der Waals surface area contributed by atoms with Crippen LogP contribution in [0.2, 0.25) is 0 Å². The Kier molecular flexibility index (Phi) is 4.79. The third-order valence-corrected chi connectivity index (χ3v) is 5.15. The quantitative estimate of drug-likeness (QED) is 0.547. The van der Waals surface area contributed by atoms with E-state index in [1.807, 2.05) is 17.5 Å². The molecule has 4 rings (SSSR count). The summed E-state index contributed by atoms with van der Waals surface area (Å²) in [5, 5.41) is 4.68. The number of hydrogen-bond acceptors (Lipinski definition) is 5. The number of amides is 1. The highest BCUT2D eigenvalue weighted by molar-refractivity contribution is 7.13. The van der Waals surface area contributed by atoms with Gasteiger partial charge in [-0.05, 0) is 43.0 Å². The van der Waals surface area contributed by atoms with Crippen LogP contribution in [0.4, 0.5) is 4.39 Å². The van der Waals surface area contributed by atoms with Gasteiger partial charge in [0, 0.05) is 18.9 Å². The van der Waals surface area contributed by atoms with Crippen molar-refractivity contribution >= 4 is 17.2 Å². The maximum absolute atomic E-state index is 14.5. The molecule has 0 saturated carbocycles. The number of oxazole rings is 1. The second-order valence-electron chi connectivity index (χ2n) is 6.21. The van der Waals surface area contributed by atoms with Crippen molar-refractivity contribution in [2.75, 3.05) is 0 Å². The van der Waals surface area contributed by atoms with E-state index >= 15 is 0 Å².